The van der Waals surface area contributed by atoms with Crippen LogP contribution in [0.4, 0.5) is 5.69 Å². The normalized spacial score (nSPS) is 11.5. The number of amides is 1. The monoisotopic (exact) mass is 456 g/mol. The number of aromatic nitrogens is 2. The van der Waals surface area contributed by atoms with Crippen molar-refractivity contribution in [3.8, 4) is 11.1 Å². The molecule has 1 amide bonds. The van der Waals surface area contributed by atoms with Crippen LogP contribution in [0.2, 0.25) is 0 Å². The number of hydrogen-bond acceptors (Lipinski definition) is 4. The van der Waals surface area contributed by atoms with Gasteiger partial charge < -0.3 is 20.7 Å². The lowest BCUT2D eigenvalue weighted by molar-refractivity contribution is -0.139. The minimum atomic E-state index is -1.03. The number of hydrogen-bond donors (Lipinski definition) is 4. The molecule has 0 saturated carbocycles. The molecule has 0 aliphatic rings. The van der Waals surface area contributed by atoms with Crippen LogP contribution in [0.1, 0.15) is 41.9 Å². The van der Waals surface area contributed by atoms with Crippen molar-refractivity contribution in [2.24, 2.45) is 5.92 Å². The number of rotatable bonds is 9. The van der Waals surface area contributed by atoms with Gasteiger partial charge in [0.25, 0.3) is 5.91 Å². The Morgan fingerprint density at radius 3 is 2.50 bits per heavy atom. The minimum absolute atomic E-state index is 0. The fourth-order valence-corrected chi connectivity index (χ4v) is 3.46. The Hall–Kier alpha value is -3.32. The number of benzene rings is 2. The van der Waals surface area contributed by atoms with Crippen LogP contribution in [-0.2, 0) is 11.3 Å². The second-order valence-electron chi connectivity index (χ2n) is 8.00. The van der Waals surface area contributed by atoms with E-state index in [0.29, 0.717) is 18.5 Å². The molecule has 0 radical (unpaired) electrons. The first-order valence-corrected chi connectivity index (χ1v) is 10.3. The summed E-state index contributed by atoms with van der Waals surface area (Å²) >= 11 is 0. The summed E-state index contributed by atoms with van der Waals surface area (Å²) in [5.41, 5.74) is 4.93. The Kier molecular flexibility index (Phi) is 8.84. The highest BCUT2D eigenvalue weighted by atomic mass is 35.5. The third-order valence-electron chi connectivity index (χ3n) is 5.05. The molecule has 0 fully saturated rings. The maximum absolute atomic E-state index is 13.1. The number of halogens is 1. The van der Waals surface area contributed by atoms with Crippen LogP contribution in [0, 0.1) is 12.8 Å². The maximum Gasteiger partial charge on any atom is 0.326 e. The Labute approximate surface area is 194 Å². The van der Waals surface area contributed by atoms with E-state index in [2.05, 4.69) is 20.6 Å². The standard InChI is InChI=1S/C24H28N4O3.ClH/c1-15(2)10-22(24(30)31)28-23(29)20-9-8-17(26-13-18-12-25-14-27-18)11-21(20)19-7-5-4-6-16(19)3;/h4-9,11-12,14-15,22,26H,10,13H2,1-3H3,(H,25,27)(H,28,29)(H,30,31);1H. The van der Waals surface area contributed by atoms with Crippen molar-refractivity contribution in [3.63, 3.8) is 0 Å². The molecule has 1 aromatic heterocycles. The van der Waals surface area contributed by atoms with Gasteiger partial charge in [-0.3, -0.25) is 4.79 Å². The van der Waals surface area contributed by atoms with Crippen molar-refractivity contribution in [1.29, 1.82) is 0 Å². The zero-order valence-electron chi connectivity index (χ0n) is 18.4. The minimum Gasteiger partial charge on any atom is -0.480 e. The second kappa shape index (κ2) is 11.3. The van der Waals surface area contributed by atoms with Gasteiger partial charge in [0, 0.05) is 17.4 Å². The fraction of sp³-hybridized carbons (Fsp3) is 0.292. The number of carbonyl (C=O) groups is 2. The zero-order valence-corrected chi connectivity index (χ0v) is 19.2. The highest BCUT2D eigenvalue weighted by molar-refractivity contribution is 6.03. The van der Waals surface area contributed by atoms with Gasteiger partial charge in [-0.05, 0) is 54.2 Å². The summed E-state index contributed by atoms with van der Waals surface area (Å²) in [6, 6.07) is 12.4. The molecule has 4 N–H and O–H groups in total. The maximum atomic E-state index is 13.1. The molecule has 0 bridgehead atoms. The number of aliphatic carboxylic acids is 1. The van der Waals surface area contributed by atoms with Crippen molar-refractivity contribution in [2.75, 3.05) is 5.32 Å². The summed E-state index contributed by atoms with van der Waals surface area (Å²) < 4.78 is 0. The van der Waals surface area contributed by atoms with Gasteiger partial charge >= 0.3 is 5.97 Å². The zero-order chi connectivity index (χ0) is 22.4. The van der Waals surface area contributed by atoms with Crippen molar-refractivity contribution < 1.29 is 14.7 Å². The number of nitrogens with one attached hydrogen (secondary N) is 3. The summed E-state index contributed by atoms with van der Waals surface area (Å²) in [5, 5.41) is 15.5. The number of carbonyl (C=O) groups excluding carboxylic acids is 1. The van der Waals surface area contributed by atoms with E-state index in [-0.39, 0.29) is 18.3 Å². The van der Waals surface area contributed by atoms with Crippen molar-refractivity contribution in [2.45, 2.75) is 39.8 Å². The molecule has 32 heavy (non-hydrogen) atoms. The van der Waals surface area contributed by atoms with Crippen LogP contribution in [0.25, 0.3) is 11.1 Å². The van der Waals surface area contributed by atoms with E-state index in [9.17, 15) is 14.7 Å². The molecular formula is C24H29ClN4O3. The average molecular weight is 457 g/mol. The van der Waals surface area contributed by atoms with Crippen molar-refractivity contribution in [3.05, 3.63) is 71.8 Å². The lowest BCUT2D eigenvalue weighted by atomic mass is 9.94. The van der Waals surface area contributed by atoms with E-state index in [1.54, 1.807) is 18.6 Å². The van der Waals surface area contributed by atoms with E-state index >= 15 is 0 Å². The molecule has 0 aliphatic carbocycles. The second-order valence-corrected chi connectivity index (χ2v) is 8.00. The number of anilines is 1. The van der Waals surface area contributed by atoms with Gasteiger partial charge in [-0.15, -0.1) is 12.4 Å². The SMILES string of the molecule is Cc1ccccc1-c1cc(NCc2cnc[nH]2)ccc1C(=O)NC(CC(C)C)C(=O)O.Cl. The van der Waals surface area contributed by atoms with E-state index in [4.69, 9.17) is 0 Å². The number of H-pyrrole nitrogens is 1. The van der Waals surface area contributed by atoms with Gasteiger partial charge in [-0.25, -0.2) is 9.78 Å². The Morgan fingerprint density at radius 1 is 1.12 bits per heavy atom. The summed E-state index contributed by atoms with van der Waals surface area (Å²) in [6.45, 7) is 6.41. The largest absolute Gasteiger partial charge is 0.480 e. The Bertz CT molecular complexity index is 1050. The predicted molar refractivity (Wildman–Crippen MR) is 128 cm³/mol. The molecule has 0 saturated heterocycles. The van der Waals surface area contributed by atoms with Crippen molar-refractivity contribution in [1.82, 2.24) is 15.3 Å². The van der Waals surface area contributed by atoms with Gasteiger partial charge in [-0.1, -0.05) is 38.1 Å². The molecular weight excluding hydrogens is 428 g/mol. The smallest absolute Gasteiger partial charge is 0.326 e. The van der Waals surface area contributed by atoms with Crippen LogP contribution in [0.5, 0.6) is 0 Å². The van der Waals surface area contributed by atoms with Crippen molar-refractivity contribution >= 4 is 30.0 Å². The molecule has 0 spiro atoms. The summed E-state index contributed by atoms with van der Waals surface area (Å²) in [6.07, 6.45) is 3.74. The molecule has 0 aliphatic heterocycles. The molecule has 8 heteroatoms. The van der Waals surface area contributed by atoms with E-state index in [1.807, 2.05) is 57.2 Å². The van der Waals surface area contributed by atoms with E-state index < -0.39 is 17.9 Å². The number of nitrogens with zero attached hydrogens (tertiary/aromatic N) is 1. The van der Waals surface area contributed by atoms with E-state index in [1.165, 1.54) is 0 Å². The molecule has 3 rings (SSSR count). The first-order chi connectivity index (χ1) is 14.8. The Balaban J connectivity index is 0.00000363. The third kappa shape index (κ3) is 6.34. The summed E-state index contributed by atoms with van der Waals surface area (Å²) in [7, 11) is 0. The molecule has 170 valence electrons. The average Bonchev–Trinajstić information content (AvgIpc) is 3.25. The topological polar surface area (TPSA) is 107 Å². The highest BCUT2D eigenvalue weighted by Crippen LogP contribution is 2.30. The number of carboxylic acid groups (broad SMARTS) is 1. The number of aryl methyl sites for hydroxylation is 1. The van der Waals surface area contributed by atoms with Crippen LogP contribution in [0.15, 0.2) is 55.0 Å². The predicted octanol–water partition coefficient (Wildman–Crippen LogP) is 4.65. The van der Waals surface area contributed by atoms with Crippen LogP contribution < -0.4 is 10.6 Å². The molecule has 1 heterocycles. The third-order valence-corrected chi connectivity index (χ3v) is 5.05. The first-order valence-electron chi connectivity index (χ1n) is 10.3. The quantitative estimate of drug-likeness (QED) is 0.375. The van der Waals surface area contributed by atoms with Gasteiger partial charge in [0.15, 0.2) is 0 Å². The molecule has 1 unspecified atom stereocenters. The molecule has 1 atom stereocenters. The fourth-order valence-electron chi connectivity index (χ4n) is 3.46. The van der Waals surface area contributed by atoms with Gasteiger partial charge in [-0.2, -0.15) is 0 Å². The molecule has 2 aromatic carbocycles. The summed E-state index contributed by atoms with van der Waals surface area (Å²) in [4.78, 5) is 31.8. The lowest BCUT2D eigenvalue weighted by Gasteiger charge is -2.19. The number of carboxylic acids is 1. The van der Waals surface area contributed by atoms with Crippen LogP contribution in [0.3, 0.4) is 0 Å². The van der Waals surface area contributed by atoms with Gasteiger partial charge in [0.1, 0.15) is 6.04 Å². The lowest BCUT2D eigenvalue weighted by Crippen LogP contribution is -2.41. The Morgan fingerprint density at radius 2 is 1.88 bits per heavy atom. The molecule has 7 nitrogen and oxygen atoms in total. The first kappa shape index (κ1) is 24.9. The van der Waals surface area contributed by atoms with E-state index in [0.717, 1.165) is 28.1 Å². The van der Waals surface area contributed by atoms with Crippen LogP contribution >= 0.6 is 12.4 Å². The van der Waals surface area contributed by atoms with Gasteiger partial charge in [0.05, 0.1) is 18.6 Å². The summed E-state index contributed by atoms with van der Waals surface area (Å²) in [5.74, 6) is -1.28. The molecule has 3 aromatic rings. The van der Waals surface area contributed by atoms with Crippen LogP contribution in [-0.4, -0.2) is 33.0 Å². The highest BCUT2D eigenvalue weighted by Gasteiger charge is 2.23. The number of aromatic amines is 1. The number of imidazole rings is 1. The van der Waals surface area contributed by atoms with Gasteiger partial charge in [0.2, 0.25) is 0 Å².